The first-order valence-corrected chi connectivity index (χ1v) is 16.2. The summed E-state index contributed by atoms with van der Waals surface area (Å²) >= 11 is 12.3. The number of aryl methyl sites for hydroxylation is 1. The molecule has 2 atom stereocenters. The van der Waals surface area contributed by atoms with Gasteiger partial charge in [-0.2, -0.15) is 13.2 Å². The van der Waals surface area contributed by atoms with E-state index in [1.807, 2.05) is 12.1 Å². The molecule has 3 aromatic carbocycles. The number of fused-ring (bicyclic) bond motifs is 1. The van der Waals surface area contributed by atoms with Crippen molar-refractivity contribution in [1.82, 2.24) is 15.4 Å². The van der Waals surface area contributed by atoms with Gasteiger partial charge in [-0.05, 0) is 90.4 Å². The summed E-state index contributed by atoms with van der Waals surface area (Å²) < 4.78 is 68.8. The van der Waals surface area contributed by atoms with Gasteiger partial charge in [-0.1, -0.05) is 61.3 Å². The molecule has 12 heteroatoms. The van der Waals surface area contributed by atoms with Gasteiger partial charge in [0.05, 0.1) is 22.5 Å². The van der Waals surface area contributed by atoms with Gasteiger partial charge in [0.2, 0.25) is 15.9 Å². The Hall–Kier alpha value is -2.63. The molecule has 6 nitrogen and oxygen atoms in total. The van der Waals surface area contributed by atoms with Crippen molar-refractivity contribution in [1.29, 1.82) is 0 Å². The Kier molecular flexibility index (Phi) is 10.8. The minimum atomic E-state index is -4.73. The van der Waals surface area contributed by atoms with Crippen molar-refractivity contribution in [3.63, 3.8) is 0 Å². The molecule has 4 rings (SSSR count). The summed E-state index contributed by atoms with van der Waals surface area (Å²) in [6, 6.07) is 12.6. The Morgan fingerprint density at radius 2 is 1.74 bits per heavy atom. The summed E-state index contributed by atoms with van der Waals surface area (Å²) in [5.74, 6) is 0.104. The van der Waals surface area contributed by atoms with Crippen LogP contribution >= 0.6 is 23.2 Å². The zero-order valence-corrected chi connectivity index (χ0v) is 26.1. The topological polar surface area (TPSA) is 87.3 Å². The lowest BCUT2D eigenvalue weighted by Crippen LogP contribution is -2.36. The first-order chi connectivity index (χ1) is 20.2. The van der Waals surface area contributed by atoms with Gasteiger partial charge in [0.15, 0.2) is 0 Å². The van der Waals surface area contributed by atoms with Crippen LogP contribution in [-0.2, 0) is 34.0 Å². The molecule has 1 amide bonds. The van der Waals surface area contributed by atoms with Crippen LogP contribution in [0.1, 0.15) is 73.0 Å². The molecule has 3 aromatic rings. The molecule has 0 saturated carbocycles. The zero-order valence-electron chi connectivity index (χ0n) is 23.8. The predicted molar refractivity (Wildman–Crippen MR) is 162 cm³/mol. The molecule has 0 saturated heterocycles. The zero-order chi connectivity index (χ0) is 31.4. The molecule has 1 aliphatic rings. The number of alkyl halides is 3. The standard InChI is InChI=1S/C31H34Cl2F3N3O3S/c1-19(2)17-37-18-20-9-10-27-21(11-20)5-3-8-28(27)38-30(40)16-29(22-12-24(32)15-25(33)13-22)39-43(41,42)26-7-4-6-23(14-26)31(34,35)36/h4,6-7,9-15,19,28-29,37,39H,3,5,8,16-18H2,1-2H3,(H,38,40). The second-order valence-corrected chi connectivity index (χ2v) is 13.8. The second kappa shape index (κ2) is 14.0. The van der Waals surface area contributed by atoms with E-state index < -0.39 is 38.6 Å². The van der Waals surface area contributed by atoms with Crippen LogP contribution in [0.3, 0.4) is 0 Å². The summed E-state index contributed by atoms with van der Waals surface area (Å²) in [6.45, 7) is 5.95. The van der Waals surface area contributed by atoms with Crippen molar-refractivity contribution in [3.05, 3.63) is 98.5 Å². The summed E-state index contributed by atoms with van der Waals surface area (Å²) in [5.41, 5.74) is 2.52. The van der Waals surface area contributed by atoms with Crippen molar-refractivity contribution in [3.8, 4) is 0 Å². The Balaban J connectivity index is 1.54. The number of nitrogens with one attached hydrogen (secondary N) is 3. The smallest absolute Gasteiger partial charge is 0.349 e. The quantitative estimate of drug-likeness (QED) is 0.201. The number of hydrogen-bond donors (Lipinski definition) is 3. The number of halogens is 5. The minimum Gasteiger partial charge on any atom is -0.349 e. The largest absolute Gasteiger partial charge is 0.416 e. The summed E-state index contributed by atoms with van der Waals surface area (Å²) in [4.78, 5) is 12.8. The second-order valence-electron chi connectivity index (χ2n) is 11.2. The van der Waals surface area contributed by atoms with E-state index in [0.717, 1.165) is 60.8 Å². The fourth-order valence-corrected chi connectivity index (χ4v) is 6.98. The molecule has 2 unspecified atom stereocenters. The highest BCUT2D eigenvalue weighted by atomic mass is 35.5. The van der Waals surface area contributed by atoms with Crippen molar-refractivity contribution in [2.24, 2.45) is 5.92 Å². The van der Waals surface area contributed by atoms with E-state index in [-0.39, 0.29) is 22.5 Å². The highest BCUT2D eigenvalue weighted by Crippen LogP contribution is 2.33. The van der Waals surface area contributed by atoms with E-state index in [0.29, 0.717) is 24.0 Å². The number of benzene rings is 3. The number of sulfonamides is 1. The highest BCUT2D eigenvalue weighted by molar-refractivity contribution is 7.89. The van der Waals surface area contributed by atoms with Gasteiger partial charge < -0.3 is 10.6 Å². The fourth-order valence-electron chi connectivity index (χ4n) is 5.17. The van der Waals surface area contributed by atoms with E-state index in [4.69, 9.17) is 23.2 Å². The number of hydrogen-bond acceptors (Lipinski definition) is 4. The molecule has 0 radical (unpaired) electrons. The van der Waals surface area contributed by atoms with Crippen molar-refractivity contribution < 1.29 is 26.4 Å². The van der Waals surface area contributed by atoms with E-state index >= 15 is 0 Å². The molecular formula is C31H34Cl2F3N3O3S. The average molecular weight is 657 g/mol. The van der Waals surface area contributed by atoms with Crippen LogP contribution in [0.5, 0.6) is 0 Å². The number of carbonyl (C=O) groups excluding carboxylic acids is 1. The van der Waals surface area contributed by atoms with E-state index in [9.17, 15) is 26.4 Å². The third kappa shape index (κ3) is 9.18. The lowest BCUT2D eigenvalue weighted by Gasteiger charge is -2.28. The molecule has 3 N–H and O–H groups in total. The Labute approximate surface area is 260 Å². The van der Waals surface area contributed by atoms with Crippen LogP contribution in [0, 0.1) is 5.92 Å². The fraction of sp³-hybridized carbons (Fsp3) is 0.387. The SMILES string of the molecule is CC(C)CNCc1ccc2c(c1)CCCC2NC(=O)CC(NS(=O)(=O)c1cccc(C(F)(F)F)c1)c1cc(Cl)cc(Cl)c1. The van der Waals surface area contributed by atoms with Crippen molar-refractivity contribution in [2.45, 2.75) is 69.2 Å². The Morgan fingerprint density at radius 3 is 2.42 bits per heavy atom. The van der Waals surface area contributed by atoms with Crippen LogP contribution in [0.4, 0.5) is 13.2 Å². The molecule has 0 bridgehead atoms. The van der Waals surface area contributed by atoms with Crippen LogP contribution in [0.25, 0.3) is 0 Å². The molecule has 0 spiro atoms. The number of amides is 1. The van der Waals surface area contributed by atoms with E-state index in [2.05, 4.69) is 35.3 Å². The van der Waals surface area contributed by atoms with Gasteiger partial charge in [0, 0.05) is 23.0 Å². The Bertz CT molecular complexity index is 1550. The number of rotatable bonds is 11. The predicted octanol–water partition coefficient (Wildman–Crippen LogP) is 7.36. The first-order valence-electron chi connectivity index (χ1n) is 14.0. The molecule has 0 aliphatic heterocycles. The first kappa shape index (κ1) is 33.3. The summed E-state index contributed by atoms with van der Waals surface area (Å²) in [6.07, 6.45) is -2.59. The monoisotopic (exact) mass is 655 g/mol. The molecule has 1 aliphatic carbocycles. The van der Waals surface area contributed by atoms with Gasteiger partial charge in [-0.15, -0.1) is 0 Å². The van der Waals surface area contributed by atoms with Gasteiger partial charge in [0.25, 0.3) is 0 Å². The maximum Gasteiger partial charge on any atom is 0.416 e. The third-order valence-electron chi connectivity index (χ3n) is 7.18. The van der Waals surface area contributed by atoms with Gasteiger partial charge in [-0.3, -0.25) is 4.79 Å². The van der Waals surface area contributed by atoms with Crippen LogP contribution in [0.15, 0.2) is 65.6 Å². The van der Waals surface area contributed by atoms with Gasteiger partial charge in [0.1, 0.15) is 0 Å². The van der Waals surface area contributed by atoms with Gasteiger partial charge in [-0.25, -0.2) is 13.1 Å². The molecule has 43 heavy (non-hydrogen) atoms. The lowest BCUT2D eigenvalue weighted by molar-refractivity contribution is -0.137. The lowest BCUT2D eigenvalue weighted by atomic mass is 9.86. The van der Waals surface area contributed by atoms with Crippen LogP contribution in [0.2, 0.25) is 10.0 Å². The molecule has 0 fully saturated rings. The van der Waals surface area contributed by atoms with Crippen molar-refractivity contribution in [2.75, 3.05) is 6.54 Å². The summed E-state index contributed by atoms with van der Waals surface area (Å²) in [5, 5.41) is 6.90. The minimum absolute atomic E-state index is 0.214. The van der Waals surface area contributed by atoms with E-state index in [1.54, 1.807) is 0 Å². The molecule has 0 aromatic heterocycles. The van der Waals surface area contributed by atoms with Crippen LogP contribution < -0.4 is 15.4 Å². The molecule has 0 heterocycles. The van der Waals surface area contributed by atoms with Crippen LogP contribution in [-0.4, -0.2) is 20.9 Å². The normalized spacial score (nSPS) is 16.1. The Morgan fingerprint density at radius 1 is 1.02 bits per heavy atom. The van der Waals surface area contributed by atoms with Gasteiger partial charge >= 0.3 is 6.18 Å². The molecule has 232 valence electrons. The van der Waals surface area contributed by atoms with E-state index in [1.165, 1.54) is 18.2 Å². The maximum absolute atomic E-state index is 13.4. The number of carbonyl (C=O) groups is 1. The van der Waals surface area contributed by atoms with Crippen molar-refractivity contribution >= 4 is 39.1 Å². The molecular weight excluding hydrogens is 622 g/mol. The maximum atomic E-state index is 13.4. The summed E-state index contributed by atoms with van der Waals surface area (Å²) in [7, 11) is -4.48. The average Bonchev–Trinajstić information content (AvgIpc) is 2.91. The highest BCUT2D eigenvalue weighted by Gasteiger charge is 2.33. The third-order valence-corrected chi connectivity index (χ3v) is 9.09.